The molecule has 1 aliphatic heterocycles. The standard InChI is InChI=1S/C24H26N8O3/c1-34-21-4-2-3-20(29-21)30-24(33)28-17-7-5-16(6-8-17)19-13-18(14-31-9-11-35-12-10-31)32-22(19)23(25)26-15-27-32/h2-8,13,15H,9-12,14H2,1H3,(H2,25,26,27)(H2,28,29,30,33). The molecule has 1 saturated heterocycles. The maximum Gasteiger partial charge on any atom is 0.324 e. The lowest BCUT2D eigenvalue weighted by Crippen LogP contribution is -2.36. The maximum atomic E-state index is 12.4. The van der Waals surface area contributed by atoms with Gasteiger partial charge in [0.15, 0.2) is 5.82 Å². The van der Waals surface area contributed by atoms with E-state index in [0.717, 1.165) is 55.2 Å². The van der Waals surface area contributed by atoms with Gasteiger partial charge in [0.1, 0.15) is 17.7 Å². The zero-order valence-corrected chi connectivity index (χ0v) is 19.3. The van der Waals surface area contributed by atoms with Gasteiger partial charge in [-0.15, -0.1) is 0 Å². The van der Waals surface area contributed by atoms with Crippen LogP contribution in [0.5, 0.6) is 5.88 Å². The van der Waals surface area contributed by atoms with Crippen LogP contribution in [0.25, 0.3) is 16.6 Å². The molecule has 1 aromatic carbocycles. The number of aromatic nitrogens is 4. The molecule has 4 aromatic rings. The van der Waals surface area contributed by atoms with Crippen molar-refractivity contribution < 1.29 is 14.3 Å². The highest BCUT2D eigenvalue weighted by Crippen LogP contribution is 2.31. The van der Waals surface area contributed by atoms with E-state index in [4.69, 9.17) is 15.2 Å². The molecule has 35 heavy (non-hydrogen) atoms. The van der Waals surface area contributed by atoms with Crippen molar-refractivity contribution in [2.45, 2.75) is 6.54 Å². The lowest BCUT2D eigenvalue weighted by atomic mass is 10.1. The van der Waals surface area contributed by atoms with Crippen LogP contribution in [0.15, 0.2) is 54.9 Å². The molecule has 0 unspecified atom stereocenters. The van der Waals surface area contributed by atoms with E-state index in [1.807, 2.05) is 28.8 Å². The summed E-state index contributed by atoms with van der Waals surface area (Å²) in [6.45, 7) is 3.93. The second-order valence-electron chi connectivity index (χ2n) is 8.07. The minimum atomic E-state index is -0.404. The van der Waals surface area contributed by atoms with Gasteiger partial charge < -0.3 is 20.5 Å². The summed E-state index contributed by atoms with van der Waals surface area (Å²) in [5.74, 6) is 1.22. The van der Waals surface area contributed by atoms with Crippen molar-refractivity contribution in [3.63, 3.8) is 0 Å². The second-order valence-corrected chi connectivity index (χ2v) is 8.07. The third kappa shape index (κ3) is 5.00. The third-order valence-corrected chi connectivity index (χ3v) is 5.77. The highest BCUT2D eigenvalue weighted by Gasteiger charge is 2.18. The largest absolute Gasteiger partial charge is 0.481 e. The van der Waals surface area contributed by atoms with Crippen LogP contribution in [0, 0.1) is 0 Å². The SMILES string of the molecule is COc1cccc(NC(=O)Nc2ccc(-c3cc(CN4CCOCC4)n4ncnc(N)c34)cc2)n1. The predicted octanol–water partition coefficient (Wildman–Crippen LogP) is 2.86. The molecule has 0 aliphatic carbocycles. The molecule has 3 aromatic heterocycles. The smallest absolute Gasteiger partial charge is 0.324 e. The van der Waals surface area contributed by atoms with E-state index in [-0.39, 0.29) is 0 Å². The highest BCUT2D eigenvalue weighted by molar-refractivity contribution is 5.99. The Bertz CT molecular complexity index is 1330. The summed E-state index contributed by atoms with van der Waals surface area (Å²) in [6, 6.07) is 14.4. The molecular weight excluding hydrogens is 448 g/mol. The van der Waals surface area contributed by atoms with Crippen LogP contribution in [-0.4, -0.2) is 63.9 Å². The number of nitrogens with one attached hydrogen (secondary N) is 2. The predicted molar refractivity (Wildman–Crippen MR) is 132 cm³/mol. The van der Waals surface area contributed by atoms with Crippen LogP contribution in [0.3, 0.4) is 0 Å². The molecule has 5 rings (SSSR count). The lowest BCUT2D eigenvalue weighted by Gasteiger charge is -2.26. The lowest BCUT2D eigenvalue weighted by molar-refractivity contribution is 0.0334. The van der Waals surface area contributed by atoms with Gasteiger partial charge in [-0.25, -0.2) is 14.3 Å². The van der Waals surface area contributed by atoms with E-state index in [0.29, 0.717) is 23.2 Å². The Balaban J connectivity index is 1.35. The normalized spacial score (nSPS) is 14.1. The number of pyridine rings is 1. The number of benzene rings is 1. The Labute approximate surface area is 201 Å². The summed E-state index contributed by atoms with van der Waals surface area (Å²) in [5.41, 5.74) is 10.5. The first-order chi connectivity index (χ1) is 17.1. The second kappa shape index (κ2) is 9.95. The number of fused-ring (bicyclic) bond motifs is 1. The fraction of sp³-hybridized carbons (Fsp3) is 0.250. The third-order valence-electron chi connectivity index (χ3n) is 5.77. The Morgan fingerprint density at radius 1 is 1.14 bits per heavy atom. The molecule has 180 valence electrons. The van der Waals surface area contributed by atoms with Crippen LogP contribution in [0.2, 0.25) is 0 Å². The number of nitrogen functional groups attached to an aromatic ring is 1. The molecule has 4 N–H and O–H groups in total. The van der Waals surface area contributed by atoms with Crippen molar-refractivity contribution in [2.75, 3.05) is 49.8 Å². The van der Waals surface area contributed by atoms with Crippen LogP contribution in [-0.2, 0) is 11.3 Å². The molecule has 1 aliphatic rings. The molecule has 11 nitrogen and oxygen atoms in total. The number of urea groups is 1. The van der Waals surface area contributed by atoms with Crippen molar-refractivity contribution in [1.29, 1.82) is 0 Å². The molecule has 0 radical (unpaired) electrons. The minimum absolute atomic E-state index is 0.391. The average molecular weight is 475 g/mol. The quantitative estimate of drug-likeness (QED) is 0.389. The van der Waals surface area contributed by atoms with E-state index >= 15 is 0 Å². The van der Waals surface area contributed by atoms with E-state index in [2.05, 4.69) is 36.7 Å². The molecular formula is C24H26N8O3. The number of methoxy groups -OCH3 is 1. The number of anilines is 3. The summed E-state index contributed by atoms with van der Waals surface area (Å²) >= 11 is 0. The Morgan fingerprint density at radius 3 is 2.71 bits per heavy atom. The number of hydrogen-bond acceptors (Lipinski definition) is 8. The molecule has 11 heteroatoms. The Hall–Kier alpha value is -4.22. The fourth-order valence-corrected chi connectivity index (χ4v) is 4.06. The Kier molecular flexibility index (Phi) is 6.42. The van der Waals surface area contributed by atoms with Crippen LogP contribution in [0.1, 0.15) is 5.69 Å². The summed E-state index contributed by atoms with van der Waals surface area (Å²) in [5, 5.41) is 9.95. The topological polar surface area (TPSA) is 132 Å². The summed E-state index contributed by atoms with van der Waals surface area (Å²) < 4.78 is 12.4. The van der Waals surface area contributed by atoms with E-state index in [9.17, 15) is 4.79 Å². The zero-order chi connectivity index (χ0) is 24.2. The number of ether oxygens (including phenoxy) is 2. The number of nitrogens with two attached hydrogens (primary N) is 1. The van der Waals surface area contributed by atoms with E-state index in [1.165, 1.54) is 13.4 Å². The maximum absolute atomic E-state index is 12.4. The molecule has 2 amide bonds. The van der Waals surface area contributed by atoms with E-state index in [1.54, 1.807) is 18.2 Å². The Morgan fingerprint density at radius 2 is 1.94 bits per heavy atom. The van der Waals surface area contributed by atoms with Crippen LogP contribution < -0.4 is 21.1 Å². The molecule has 0 spiro atoms. The number of rotatable bonds is 6. The molecule has 0 bridgehead atoms. The molecule has 4 heterocycles. The van der Waals surface area contributed by atoms with Gasteiger partial charge in [-0.3, -0.25) is 10.2 Å². The summed E-state index contributed by atoms with van der Waals surface area (Å²) in [7, 11) is 1.52. The van der Waals surface area contributed by atoms with Gasteiger partial charge in [-0.05, 0) is 29.8 Å². The molecule has 1 fully saturated rings. The van der Waals surface area contributed by atoms with Gasteiger partial charge in [0.2, 0.25) is 5.88 Å². The zero-order valence-electron chi connectivity index (χ0n) is 19.3. The number of carbonyl (C=O) groups is 1. The van der Waals surface area contributed by atoms with Gasteiger partial charge in [0.05, 0.1) is 26.0 Å². The van der Waals surface area contributed by atoms with Crippen LogP contribution in [0.4, 0.5) is 22.1 Å². The number of nitrogens with zero attached hydrogens (tertiary/aromatic N) is 5. The first kappa shape index (κ1) is 22.6. The summed E-state index contributed by atoms with van der Waals surface area (Å²) in [4.78, 5) is 23.1. The highest BCUT2D eigenvalue weighted by atomic mass is 16.5. The summed E-state index contributed by atoms with van der Waals surface area (Å²) in [6.07, 6.45) is 1.47. The first-order valence-corrected chi connectivity index (χ1v) is 11.2. The van der Waals surface area contributed by atoms with Gasteiger partial charge in [0.25, 0.3) is 0 Å². The van der Waals surface area contributed by atoms with Crippen LogP contribution >= 0.6 is 0 Å². The number of amides is 2. The van der Waals surface area contributed by atoms with Crippen molar-refractivity contribution >= 4 is 28.9 Å². The fourth-order valence-electron chi connectivity index (χ4n) is 4.06. The number of hydrogen-bond donors (Lipinski definition) is 3. The monoisotopic (exact) mass is 474 g/mol. The number of morpholine rings is 1. The van der Waals surface area contributed by atoms with Gasteiger partial charge in [0, 0.05) is 37.0 Å². The van der Waals surface area contributed by atoms with Gasteiger partial charge in [-0.1, -0.05) is 18.2 Å². The van der Waals surface area contributed by atoms with Crippen molar-refractivity contribution in [3.8, 4) is 17.0 Å². The van der Waals surface area contributed by atoms with Crippen molar-refractivity contribution in [1.82, 2.24) is 24.5 Å². The van der Waals surface area contributed by atoms with Gasteiger partial charge >= 0.3 is 6.03 Å². The average Bonchev–Trinajstić information content (AvgIpc) is 3.24. The van der Waals surface area contributed by atoms with E-state index < -0.39 is 6.03 Å². The first-order valence-electron chi connectivity index (χ1n) is 11.2. The number of carbonyl (C=O) groups excluding carboxylic acids is 1. The molecule has 0 atom stereocenters. The van der Waals surface area contributed by atoms with Crippen molar-refractivity contribution in [3.05, 3.63) is 60.6 Å². The minimum Gasteiger partial charge on any atom is -0.481 e. The molecule has 0 saturated carbocycles. The van der Waals surface area contributed by atoms with Gasteiger partial charge in [-0.2, -0.15) is 10.1 Å². The van der Waals surface area contributed by atoms with Crippen molar-refractivity contribution in [2.24, 2.45) is 0 Å².